The molecule has 0 heterocycles. The lowest BCUT2D eigenvalue weighted by Gasteiger charge is -2.27. The predicted molar refractivity (Wildman–Crippen MR) is 115 cm³/mol. The fourth-order valence-electron chi connectivity index (χ4n) is 3.37. The molecule has 7 N–H and O–H groups in total. The Morgan fingerprint density at radius 1 is 0.897 bits per heavy atom. The summed E-state index contributed by atoms with van der Waals surface area (Å²) in [6, 6.07) is -1.89. The SMILES string of the molecule is CCC(CC)CC(CCN)C(=O)N[C@H](C(=O)N[C@@H](CCN)C(=O)C(C)C)C(C)O. The van der Waals surface area contributed by atoms with Crippen molar-refractivity contribution in [3.8, 4) is 0 Å². The Morgan fingerprint density at radius 3 is 1.86 bits per heavy atom. The molecule has 0 aromatic carbocycles. The van der Waals surface area contributed by atoms with Crippen molar-refractivity contribution in [2.45, 2.75) is 84.9 Å². The number of aliphatic hydroxyl groups is 1. The first-order chi connectivity index (χ1) is 13.6. The summed E-state index contributed by atoms with van der Waals surface area (Å²) in [5.74, 6) is -1.21. The van der Waals surface area contributed by atoms with E-state index in [0.29, 0.717) is 31.7 Å². The third-order valence-corrected chi connectivity index (χ3v) is 5.41. The molecule has 0 bridgehead atoms. The molecule has 0 aromatic rings. The molecule has 0 spiro atoms. The Labute approximate surface area is 175 Å². The number of amides is 2. The molecule has 29 heavy (non-hydrogen) atoms. The van der Waals surface area contributed by atoms with E-state index >= 15 is 0 Å². The maximum atomic E-state index is 12.8. The standard InChI is InChI=1S/C21H42N4O4/c1-6-15(7-2)12-16(8-10-22)20(28)25-18(14(5)26)21(29)24-17(9-11-23)19(27)13(3)4/h13-18,26H,6-12,22-23H2,1-5H3,(H,24,29)(H,25,28)/t14?,16?,17-,18-/m0/s1. The zero-order chi connectivity index (χ0) is 22.6. The highest BCUT2D eigenvalue weighted by atomic mass is 16.3. The molecular weight excluding hydrogens is 372 g/mol. The minimum atomic E-state index is -1.15. The van der Waals surface area contributed by atoms with Crippen LogP contribution in [0.2, 0.25) is 0 Å². The van der Waals surface area contributed by atoms with Gasteiger partial charge in [0.1, 0.15) is 6.04 Å². The molecule has 4 atom stereocenters. The zero-order valence-corrected chi connectivity index (χ0v) is 18.7. The monoisotopic (exact) mass is 414 g/mol. The summed E-state index contributed by atoms with van der Waals surface area (Å²) in [4.78, 5) is 37.9. The van der Waals surface area contributed by atoms with Gasteiger partial charge in [-0.2, -0.15) is 0 Å². The Kier molecular flexibility index (Phi) is 13.7. The van der Waals surface area contributed by atoms with Crippen molar-refractivity contribution in [2.24, 2.45) is 29.2 Å². The molecule has 0 rings (SSSR count). The lowest BCUT2D eigenvalue weighted by Crippen LogP contribution is -2.57. The van der Waals surface area contributed by atoms with Crippen LogP contribution in [0.5, 0.6) is 0 Å². The highest BCUT2D eigenvalue weighted by Gasteiger charge is 2.32. The molecule has 170 valence electrons. The van der Waals surface area contributed by atoms with Gasteiger partial charge < -0.3 is 27.2 Å². The number of ketones is 1. The maximum Gasteiger partial charge on any atom is 0.245 e. The first-order valence-electron chi connectivity index (χ1n) is 10.8. The second kappa shape index (κ2) is 14.5. The lowest BCUT2D eigenvalue weighted by molar-refractivity contribution is -0.136. The van der Waals surface area contributed by atoms with E-state index in [4.69, 9.17) is 11.5 Å². The van der Waals surface area contributed by atoms with Gasteiger partial charge in [0.25, 0.3) is 0 Å². The van der Waals surface area contributed by atoms with Gasteiger partial charge in [-0.25, -0.2) is 0 Å². The summed E-state index contributed by atoms with van der Waals surface area (Å²) in [6.07, 6.45) is 2.31. The number of aliphatic hydroxyl groups excluding tert-OH is 1. The van der Waals surface area contributed by atoms with Crippen molar-refractivity contribution >= 4 is 17.6 Å². The molecule has 8 nitrogen and oxygen atoms in total. The van der Waals surface area contributed by atoms with Gasteiger partial charge in [0.2, 0.25) is 11.8 Å². The van der Waals surface area contributed by atoms with E-state index in [0.717, 1.165) is 12.8 Å². The summed E-state index contributed by atoms with van der Waals surface area (Å²) >= 11 is 0. The summed E-state index contributed by atoms with van der Waals surface area (Å²) < 4.78 is 0. The number of carbonyl (C=O) groups is 3. The Morgan fingerprint density at radius 2 is 1.45 bits per heavy atom. The highest BCUT2D eigenvalue weighted by molar-refractivity contribution is 5.94. The molecule has 0 aliphatic rings. The van der Waals surface area contributed by atoms with Crippen LogP contribution in [0.15, 0.2) is 0 Å². The van der Waals surface area contributed by atoms with Gasteiger partial charge in [0.15, 0.2) is 5.78 Å². The van der Waals surface area contributed by atoms with Crippen LogP contribution < -0.4 is 22.1 Å². The average Bonchev–Trinajstić information content (AvgIpc) is 2.67. The first-order valence-corrected chi connectivity index (χ1v) is 10.8. The van der Waals surface area contributed by atoms with E-state index in [1.165, 1.54) is 6.92 Å². The number of nitrogens with two attached hydrogens (primary N) is 2. The minimum Gasteiger partial charge on any atom is -0.391 e. The topological polar surface area (TPSA) is 148 Å². The third-order valence-electron chi connectivity index (χ3n) is 5.41. The van der Waals surface area contributed by atoms with Gasteiger partial charge in [0, 0.05) is 11.8 Å². The third kappa shape index (κ3) is 9.69. The van der Waals surface area contributed by atoms with E-state index in [1.54, 1.807) is 13.8 Å². The van der Waals surface area contributed by atoms with E-state index in [9.17, 15) is 19.5 Å². The number of hydrogen-bond acceptors (Lipinski definition) is 6. The van der Waals surface area contributed by atoms with Gasteiger partial charge >= 0.3 is 0 Å². The Hall–Kier alpha value is -1.51. The summed E-state index contributed by atoms with van der Waals surface area (Å²) in [5.41, 5.74) is 11.3. The van der Waals surface area contributed by atoms with E-state index < -0.39 is 24.1 Å². The van der Waals surface area contributed by atoms with Crippen LogP contribution in [-0.4, -0.2) is 54.0 Å². The molecule has 0 aliphatic carbocycles. The molecule has 8 heteroatoms. The lowest BCUT2D eigenvalue weighted by atomic mass is 9.88. The molecule has 2 amide bonds. The number of carbonyl (C=O) groups excluding carboxylic acids is 3. The Balaban J connectivity index is 5.28. The zero-order valence-electron chi connectivity index (χ0n) is 18.7. The number of Topliss-reactive ketones (excluding diaryl/α,β-unsaturated/α-hetero) is 1. The summed E-state index contributed by atoms with van der Waals surface area (Å²) in [6.45, 7) is 9.71. The average molecular weight is 415 g/mol. The molecule has 0 saturated carbocycles. The highest BCUT2D eigenvalue weighted by Crippen LogP contribution is 2.21. The molecule has 0 aliphatic heterocycles. The van der Waals surface area contributed by atoms with E-state index in [1.807, 2.05) is 0 Å². The van der Waals surface area contributed by atoms with Gasteiger partial charge in [-0.1, -0.05) is 40.5 Å². The van der Waals surface area contributed by atoms with Crippen molar-refractivity contribution in [3.63, 3.8) is 0 Å². The maximum absolute atomic E-state index is 12.8. The molecule has 2 unspecified atom stereocenters. The summed E-state index contributed by atoms with van der Waals surface area (Å²) in [5, 5.41) is 15.4. The fourth-order valence-corrected chi connectivity index (χ4v) is 3.37. The van der Waals surface area contributed by atoms with Crippen LogP contribution in [0, 0.1) is 17.8 Å². The quantitative estimate of drug-likeness (QED) is 0.266. The smallest absolute Gasteiger partial charge is 0.245 e. The number of nitrogens with one attached hydrogen (secondary N) is 2. The van der Waals surface area contributed by atoms with Gasteiger partial charge in [-0.15, -0.1) is 0 Å². The second-order valence-corrected chi connectivity index (χ2v) is 8.11. The van der Waals surface area contributed by atoms with Crippen LogP contribution in [0.3, 0.4) is 0 Å². The van der Waals surface area contributed by atoms with Gasteiger partial charge in [0.05, 0.1) is 12.1 Å². The second-order valence-electron chi connectivity index (χ2n) is 8.11. The predicted octanol–water partition coefficient (Wildman–Crippen LogP) is 0.702. The fraction of sp³-hybridized carbons (Fsp3) is 0.857. The van der Waals surface area contributed by atoms with Gasteiger partial charge in [-0.3, -0.25) is 14.4 Å². The molecule has 0 saturated heterocycles. The van der Waals surface area contributed by atoms with Crippen LogP contribution >= 0.6 is 0 Å². The van der Waals surface area contributed by atoms with Crippen LogP contribution in [0.1, 0.15) is 66.7 Å². The van der Waals surface area contributed by atoms with E-state index in [-0.39, 0.29) is 30.1 Å². The van der Waals surface area contributed by atoms with Crippen LogP contribution in [0.25, 0.3) is 0 Å². The number of hydrogen-bond donors (Lipinski definition) is 5. The molecule has 0 aromatic heterocycles. The van der Waals surface area contributed by atoms with Gasteiger partial charge in [-0.05, 0) is 45.2 Å². The minimum absolute atomic E-state index is 0.130. The van der Waals surface area contributed by atoms with Crippen molar-refractivity contribution < 1.29 is 19.5 Å². The van der Waals surface area contributed by atoms with Crippen molar-refractivity contribution in [1.29, 1.82) is 0 Å². The Bertz CT molecular complexity index is 507. The van der Waals surface area contributed by atoms with Crippen molar-refractivity contribution in [2.75, 3.05) is 13.1 Å². The first kappa shape index (κ1) is 27.5. The van der Waals surface area contributed by atoms with Crippen LogP contribution in [-0.2, 0) is 14.4 Å². The van der Waals surface area contributed by atoms with Crippen molar-refractivity contribution in [3.05, 3.63) is 0 Å². The largest absolute Gasteiger partial charge is 0.391 e. The summed E-state index contributed by atoms with van der Waals surface area (Å²) in [7, 11) is 0. The van der Waals surface area contributed by atoms with Crippen molar-refractivity contribution in [1.82, 2.24) is 10.6 Å². The van der Waals surface area contributed by atoms with Crippen LogP contribution in [0.4, 0.5) is 0 Å². The normalized spacial score (nSPS) is 15.7. The molecular formula is C21H42N4O4. The molecule has 0 radical (unpaired) electrons. The molecule has 0 fully saturated rings. The van der Waals surface area contributed by atoms with E-state index in [2.05, 4.69) is 24.5 Å². The number of rotatable bonds is 15.